The minimum atomic E-state index is -0.145. The van der Waals surface area contributed by atoms with E-state index in [0.29, 0.717) is 38.2 Å². The molecule has 5 heteroatoms. The number of benzene rings is 1. The Hall–Kier alpha value is -1.88. The molecule has 2 amide bonds. The largest absolute Gasteiger partial charge is 0.375 e. The third-order valence-electron chi connectivity index (χ3n) is 3.25. The lowest BCUT2D eigenvalue weighted by atomic mass is 10.2. The number of carbonyl (C=O) groups excluding carboxylic acids is 2. The summed E-state index contributed by atoms with van der Waals surface area (Å²) in [5.74, 6) is -0.0812. The highest BCUT2D eigenvalue weighted by Gasteiger charge is 2.20. The van der Waals surface area contributed by atoms with E-state index in [9.17, 15) is 9.59 Å². The number of hydrogen-bond acceptors (Lipinski definition) is 3. The number of amides is 2. The first-order chi connectivity index (χ1) is 9.66. The molecule has 108 valence electrons. The van der Waals surface area contributed by atoms with Crippen molar-refractivity contribution in [3.05, 3.63) is 35.9 Å². The fourth-order valence-corrected chi connectivity index (χ4v) is 2.18. The van der Waals surface area contributed by atoms with Crippen LogP contribution in [0.25, 0.3) is 0 Å². The van der Waals surface area contributed by atoms with Gasteiger partial charge in [-0.05, 0) is 19.1 Å². The molecule has 1 saturated heterocycles. The van der Waals surface area contributed by atoms with Crippen molar-refractivity contribution in [2.24, 2.45) is 0 Å². The molecule has 20 heavy (non-hydrogen) atoms. The van der Waals surface area contributed by atoms with Crippen molar-refractivity contribution in [3.8, 4) is 0 Å². The summed E-state index contributed by atoms with van der Waals surface area (Å²) in [5.41, 5.74) is 0.611. The van der Waals surface area contributed by atoms with Crippen LogP contribution in [0.2, 0.25) is 0 Å². The number of rotatable bonds is 4. The number of nitrogens with one attached hydrogen (secondary N) is 1. The molecule has 1 aromatic rings. The molecule has 1 aromatic carbocycles. The van der Waals surface area contributed by atoms with Gasteiger partial charge in [0.1, 0.15) is 0 Å². The van der Waals surface area contributed by atoms with Crippen LogP contribution in [0.4, 0.5) is 0 Å². The highest BCUT2D eigenvalue weighted by Crippen LogP contribution is 2.06. The van der Waals surface area contributed by atoms with Gasteiger partial charge in [-0.25, -0.2) is 0 Å². The number of nitrogens with zero attached hydrogens (tertiary/aromatic N) is 1. The molecule has 1 heterocycles. The van der Waals surface area contributed by atoms with Crippen molar-refractivity contribution in [1.29, 1.82) is 0 Å². The number of ether oxygens (including phenoxy) is 1. The maximum absolute atomic E-state index is 12.0. The van der Waals surface area contributed by atoms with Crippen molar-refractivity contribution in [2.45, 2.75) is 19.4 Å². The normalized spacial score (nSPS) is 18.6. The molecule has 0 aliphatic carbocycles. The summed E-state index contributed by atoms with van der Waals surface area (Å²) in [4.78, 5) is 25.6. The van der Waals surface area contributed by atoms with E-state index in [-0.39, 0.29) is 17.9 Å². The minimum Gasteiger partial charge on any atom is -0.375 e. The molecule has 1 fully saturated rings. The van der Waals surface area contributed by atoms with Crippen LogP contribution in [0.1, 0.15) is 23.7 Å². The van der Waals surface area contributed by atoms with Crippen LogP contribution in [0.15, 0.2) is 30.3 Å². The SMILES string of the molecule is CC1CN(C(=O)CCNC(=O)c2ccccc2)CCO1. The van der Waals surface area contributed by atoms with Crippen molar-refractivity contribution < 1.29 is 14.3 Å². The van der Waals surface area contributed by atoms with Crippen LogP contribution < -0.4 is 5.32 Å². The van der Waals surface area contributed by atoms with E-state index in [2.05, 4.69) is 5.32 Å². The van der Waals surface area contributed by atoms with E-state index < -0.39 is 0 Å². The van der Waals surface area contributed by atoms with E-state index in [4.69, 9.17) is 4.74 Å². The minimum absolute atomic E-state index is 0.0634. The first kappa shape index (κ1) is 14.5. The van der Waals surface area contributed by atoms with E-state index in [1.807, 2.05) is 25.1 Å². The van der Waals surface area contributed by atoms with Gasteiger partial charge >= 0.3 is 0 Å². The van der Waals surface area contributed by atoms with Crippen molar-refractivity contribution >= 4 is 11.8 Å². The fraction of sp³-hybridized carbons (Fsp3) is 0.467. The van der Waals surface area contributed by atoms with E-state index in [1.165, 1.54) is 0 Å². The molecule has 1 atom stereocenters. The van der Waals surface area contributed by atoms with Gasteiger partial charge in [0.05, 0.1) is 12.7 Å². The maximum Gasteiger partial charge on any atom is 0.251 e. The molecule has 0 spiro atoms. The number of morpholine rings is 1. The Morgan fingerprint density at radius 3 is 2.80 bits per heavy atom. The van der Waals surface area contributed by atoms with Crippen LogP contribution in [0, 0.1) is 0 Å². The quantitative estimate of drug-likeness (QED) is 0.894. The van der Waals surface area contributed by atoms with Crippen molar-refractivity contribution in [2.75, 3.05) is 26.2 Å². The van der Waals surface area contributed by atoms with Crippen LogP contribution in [0.3, 0.4) is 0 Å². The lowest BCUT2D eigenvalue weighted by molar-refractivity contribution is -0.137. The summed E-state index contributed by atoms with van der Waals surface area (Å²) in [6.07, 6.45) is 0.414. The molecule has 0 saturated carbocycles. The van der Waals surface area contributed by atoms with E-state index in [1.54, 1.807) is 17.0 Å². The topological polar surface area (TPSA) is 58.6 Å². The molecule has 1 N–H and O–H groups in total. The smallest absolute Gasteiger partial charge is 0.251 e. The summed E-state index contributed by atoms with van der Waals surface area (Å²) in [5, 5.41) is 2.76. The van der Waals surface area contributed by atoms with Crippen LogP contribution >= 0.6 is 0 Å². The van der Waals surface area contributed by atoms with Crippen molar-refractivity contribution in [1.82, 2.24) is 10.2 Å². The van der Waals surface area contributed by atoms with Gasteiger partial charge in [-0.1, -0.05) is 18.2 Å². The van der Waals surface area contributed by atoms with Gasteiger partial charge in [-0.3, -0.25) is 9.59 Å². The maximum atomic E-state index is 12.0. The van der Waals surface area contributed by atoms with Gasteiger partial charge in [-0.15, -0.1) is 0 Å². The zero-order valence-electron chi connectivity index (χ0n) is 11.7. The van der Waals surface area contributed by atoms with E-state index >= 15 is 0 Å². The Morgan fingerprint density at radius 2 is 2.10 bits per heavy atom. The van der Waals surface area contributed by atoms with E-state index in [0.717, 1.165) is 0 Å². The molecule has 5 nitrogen and oxygen atoms in total. The predicted molar refractivity (Wildman–Crippen MR) is 75.4 cm³/mol. The molecule has 0 aromatic heterocycles. The second kappa shape index (κ2) is 7.05. The first-order valence-electron chi connectivity index (χ1n) is 6.89. The molecule has 1 aliphatic heterocycles. The van der Waals surface area contributed by atoms with Crippen LogP contribution in [-0.2, 0) is 9.53 Å². The van der Waals surface area contributed by atoms with Gasteiger partial charge in [0.2, 0.25) is 5.91 Å². The highest BCUT2D eigenvalue weighted by molar-refractivity contribution is 5.94. The third kappa shape index (κ3) is 4.06. The zero-order chi connectivity index (χ0) is 14.4. The van der Waals surface area contributed by atoms with Crippen LogP contribution in [-0.4, -0.2) is 49.1 Å². The number of carbonyl (C=O) groups is 2. The third-order valence-corrected chi connectivity index (χ3v) is 3.25. The average molecular weight is 276 g/mol. The Labute approximate surface area is 118 Å². The Morgan fingerprint density at radius 1 is 1.35 bits per heavy atom. The molecule has 2 rings (SSSR count). The summed E-state index contributed by atoms with van der Waals surface area (Å²) in [7, 11) is 0. The Kier molecular flexibility index (Phi) is 5.12. The lowest BCUT2D eigenvalue weighted by Gasteiger charge is -2.31. The standard InChI is InChI=1S/C15H20N2O3/c1-12-11-17(9-10-20-12)14(18)7-8-16-15(19)13-5-3-2-4-6-13/h2-6,12H,7-11H2,1H3,(H,16,19). The second-order valence-electron chi connectivity index (χ2n) is 4.89. The summed E-state index contributed by atoms with van der Waals surface area (Å²) in [6.45, 7) is 4.17. The summed E-state index contributed by atoms with van der Waals surface area (Å²) < 4.78 is 5.40. The first-order valence-corrected chi connectivity index (χ1v) is 6.89. The fourth-order valence-electron chi connectivity index (χ4n) is 2.18. The Bertz CT molecular complexity index is 461. The predicted octanol–water partition coefficient (Wildman–Crippen LogP) is 1.05. The summed E-state index contributed by atoms with van der Waals surface area (Å²) in [6, 6.07) is 8.99. The highest BCUT2D eigenvalue weighted by atomic mass is 16.5. The van der Waals surface area contributed by atoms with Gasteiger partial charge in [0.15, 0.2) is 0 Å². The van der Waals surface area contributed by atoms with Gasteiger partial charge in [-0.2, -0.15) is 0 Å². The molecule has 0 bridgehead atoms. The molecular formula is C15H20N2O3. The number of hydrogen-bond donors (Lipinski definition) is 1. The molecule has 1 unspecified atom stereocenters. The van der Waals surface area contributed by atoms with Gasteiger partial charge < -0.3 is 15.0 Å². The second-order valence-corrected chi connectivity index (χ2v) is 4.89. The summed E-state index contributed by atoms with van der Waals surface area (Å²) >= 11 is 0. The molecule has 1 aliphatic rings. The Balaban J connectivity index is 1.73. The van der Waals surface area contributed by atoms with Crippen molar-refractivity contribution in [3.63, 3.8) is 0 Å². The zero-order valence-corrected chi connectivity index (χ0v) is 11.7. The molecule has 0 radical (unpaired) electrons. The van der Waals surface area contributed by atoms with Crippen LogP contribution in [0.5, 0.6) is 0 Å². The monoisotopic (exact) mass is 276 g/mol. The van der Waals surface area contributed by atoms with Gasteiger partial charge in [0.25, 0.3) is 5.91 Å². The average Bonchev–Trinajstić information content (AvgIpc) is 2.48. The van der Waals surface area contributed by atoms with Gasteiger partial charge in [0, 0.05) is 31.6 Å². The lowest BCUT2D eigenvalue weighted by Crippen LogP contribution is -2.45. The molecular weight excluding hydrogens is 256 g/mol.